The summed E-state index contributed by atoms with van der Waals surface area (Å²) >= 11 is 0. The average molecular weight is 459 g/mol. The number of Topliss-reactive ketones (excluding diaryl/α,β-unsaturated/α-hetero) is 1. The second-order valence-electron chi connectivity index (χ2n) is 7.73. The first-order chi connectivity index (χ1) is 15.7. The van der Waals surface area contributed by atoms with Gasteiger partial charge in [-0.05, 0) is 31.2 Å². The van der Waals surface area contributed by atoms with E-state index in [9.17, 15) is 24.0 Å². The fraction of sp³-hybridized carbons (Fsp3) is 0.435. The molecule has 4 N–H and O–H groups in total. The van der Waals surface area contributed by atoms with Gasteiger partial charge in [0.2, 0.25) is 5.91 Å². The highest BCUT2D eigenvalue weighted by Gasteiger charge is 2.33. The van der Waals surface area contributed by atoms with Crippen molar-refractivity contribution in [1.82, 2.24) is 10.2 Å². The zero-order valence-electron chi connectivity index (χ0n) is 18.5. The summed E-state index contributed by atoms with van der Waals surface area (Å²) in [6.45, 7) is 1.85. The van der Waals surface area contributed by atoms with E-state index in [0.29, 0.717) is 37.9 Å². The highest BCUT2D eigenvalue weighted by molar-refractivity contribution is 5.99. The Bertz CT molecular complexity index is 914. The van der Waals surface area contributed by atoms with Crippen molar-refractivity contribution >= 4 is 29.7 Å². The number of carbonyl (C=O) groups is 5. The van der Waals surface area contributed by atoms with Gasteiger partial charge in [0.05, 0.1) is 12.0 Å². The Kier molecular flexibility index (Phi) is 9.59. The number of ether oxygens (including phenoxy) is 1. The standard InChI is InChI=1S/C14H15NO3.C9H14N2O4/c16-13(11-7-4-8-12(11)14(17)18)15-9-10-5-2-1-3-6-10;1-6(12)15-5-8(13)7-3-2-4-11(7)9(10)14/h1-3,5-7,12H,4,8-9H2,(H,15,16)(H,17,18);7H,2-5H2,1H3,(H2,10,14)/t;7-/m.0/s1. The quantitative estimate of drug-likeness (QED) is 0.520. The molecular weight excluding hydrogens is 430 g/mol. The second kappa shape index (κ2) is 12.4. The van der Waals surface area contributed by atoms with Gasteiger partial charge in [-0.1, -0.05) is 36.4 Å². The van der Waals surface area contributed by atoms with Crippen LogP contribution in [0.25, 0.3) is 0 Å². The SMILES string of the molecule is CC(=O)OCC(=O)[C@@H]1CCCN1C(N)=O.O=C(NCc1ccccc1)C1=CCCC1C(=O)O. The third-order valence-corrected chi connectivity index (χ3v) is 5.38. The number of nitrogens with zero attached hydrogens (tertiary/aromatic N) is 1. The molecule has 10 heteroatoms. The van der Waals surface area contributed by atoms with Gasteiger partial charge in [0, 0.05) is 25.6 Å². The average Bonchev–Trinajstić information content (AvgIpc) is 3.47. The highest BCUT2D eigenvalue weighted by Crippen LogP contribution is 2.26. The Hall–Kier alpha value is -3.69. The van der Waals surface area contributed by atoms with Gasteiger partial charge in [0.15, 0.2) is 12.4 Å². The number of benzene rings is 1. The van der Waals surface area contributed by atoms with E-state index in [1.807, 2.05) is 30.3 Å². The maximum atomic E-state index is 11.9. The zero-order valence-corrected chi connectivity index (χ0v) is 18.5. The first-order valence-corrected chi connectivity index (χ1v) is 10.7. The molecule has 0 spiro atoms. The maximum Gasteiger partial charge on any atom is 0.315 e. The number of allylic oxidation sites excluding steroid dienone is 1. The van der Waals surface area contributed by atoms with Gasteiger partial charge in [0.25, 0.3) is 0 Å². The van der Waals surface area contributed by atoms with Crippen LogP contribution in [-0.4, -0.2) is 58.9 Å². The number of nitrogens with one attached hydrogen (secondary N) is 1. The first kappa shape index (κ1) is 25.6. The summed E-state index contributed by atoms with van der Waals surface area (Å²) < 4.78 is 4.58. The number of urea groups is 1. The third kappa shape index (κ3) is 7.74. The molecule has 2 aliphatic rings. The largest absolute Gasteiger partial charge is 0.481 e. The molecule has 178 valence electrons. The summed E-state index contributed by atoms with van der Waals surface area (Å²) in [7, 11) is 0. The molecule has 2 atom stereocenters. The van der Waals surface area contributed by atoms with Gasteiger partial charge in [0.1, 0.15) is 0 Å². The number of likely N-dealkylation sites (tertiary alicyclic amines) is 1. The number of rotatable bonds is 7. The molecule has 3 amide bonds. The number of primary amides is 1. The van der Waals surface area contributed by atoms with E-state index in [1.165, 1.54) is 11.8 Å². The molecule has 0 radical (unpaired) electrons. The molecule has 1 aliphatic heterocycles. The number of carboxylic acid groups (broad SMARTS) is 1. The topological polar surface area (TPSA) is 156 Å². The highest BCUT2D eigenvalue weighted by atomic mass is 16.5. The van der Waals surface area contributed by atoms with E-state index in [0.717, 1.165) is 12.0 Å². The van der Waals surface area contributed by atoms with Crippen molar-refractivity contribution in [2.45, 2.75) is 45.2 Å². The number of carbonyl (C=O) groups excluding carboxylic acids is 4. The van der Waals surface area contributed by atoms with Crippen molar-refractivity contribution in [3.63, 3.8) is 0 Å². The Labute approximate surface area is 191 Å². The van der Waals surface area contributed by atoms with Crippen LogP contribution in [0.2, 0.25) is 0 Å². The minimum Gasteiger partial charge on any atom is -0.481 e. The second-order valence-corrected chi connectivity index (χ2v) is 7.73. The summed E-state index contributed by atoms with van der Waals surface area (Å²) in [4.78, 5) is 57.2. The van der Waals surface area contributed by atoms with Crippen LogP contribution in [0, 0.1) is 5.92 Å². The van der Waals surface area contributed by atoms with Crippen LogP contribution in [0.3, 0.4) is 0 Å². The van der Waals surface area contributed by atoms with Crippen molar-refractivity contribution in [2.24, 2.45) is 11.7 Å². The minimum atomic E-state index is -0.923. The van der Waals surface area contributed by atoms with Crippen LogP contribution in [0.15, 0.2) is 42.0 Å². The summed E-state index contributed by atoms with van der Waals surface area (Å²) in [5.74, 6) is -2.63. The lowest BCUT2D eigenvalue weighted by Gasteiger charge is -2.20. The summed E-state index contributed by atoms with van der Waals surface area (Å²) in [6.07, 6.45) is 4.23. The van der Waals surface area contributed by atoms with Gasteiger partial charge >= 0.3 is 18.0 Å². The lowest BCUT2D eigenvalue weighted by Crippen LogP contribution is -2.44. The minimum absolute atomic E-state index is 0.274. The molecular formula is C23H29N3O7. The molecule has 0 aromatic heterocycles. The van der Waals surface area contributed by atoms with Gasteiger partial charge in [-0.25, -0.2) is 4.79 Å². The summed E-state index contributed by atoms with van der Waals surface area (Å²) in [6, 6.07) is 8.41. The monoisotopic (exact) mass is 459 g/mol. The van der Waals surface area contributed by atoms with Crippen LogP contribution in [0.5, 0.6) is 0 Å². The Balaban J connectivity index is 0.000000238. The molecule has 1 unspecified atom stereocenters. The number of nitrogens with two attached hydrogens (primary N) is 1. The van der Waals surface area contributed by atoms with E-state index >= 15 is 0 Å². The van der Waals surface area contributed by atoms with Crippen molar-refractivity contribution in [2.75, 3.05) is 13.2 Å². The van der Waals surface area contributed by atoms with Gasteiger partial charge < -0.3 is 25.8 Å². The molecule has 33 heavy (non-hydrogen) atoms. The van der Waals surface area contributed by atoms with E-state index in [2.05, 4.69) is 10.1 Å². The van der Waals surface area contributed by atoms with Crippen LogP contribution in [-0.2, 0) is 30.5 Å². The maximum absolute atomic E-state index is 11.9. The predicted molar refractivity (Wildman–Crippen MR) is 118 cm³/mol. The van der Waals surface area contributed by atoms with E-state index in [1.54, 1.807) is 6.08 Å². The van der Waals surface area contributed by atoms with E-state index < -0.39 is 29.9 Å². The van der Waals surface area contributed by atoms with Crippen LogP contribution < -0.4 is 11.1 Å². The van der Waals surface area contributed by atoms with Crippen molar-refractivity contribution in [3.8, 4) is 0 Å². The van der Waals surface area contributed by atoms with E-state index in [4.69, 9.17) is 10.8 Å². The van der Waals surface area contributed by atoms with Crippen molar-refractivity contribution < 1.29 is 33.8 Å². The van der Waals surface area contributed by atoms with Gasteiger partial charge in [-0.2, -0.15) is 0 Å². The Morgan fingerprint density at radius 2 is 1.85 bits per heavy atom. The molecule has 1 saturated heterocycles. The zero-order chi connectivity index (χ0) is 24.4. The molecule has 1 aromatic rings. The molecule has 1 aromatic carbocycles. The molecule has 1 fully saturated rings. The molecule has 0 bridgehead atoms. The van der Waals surface area contributed by atoms with E-state index in [-0.39, 0.29) is 18.3 Å². The Morgan fingerprint density at radius 1 is 1.15 bits per heavy atom. The fourth-order valence-electron chi connectivity index (χ4n) is 3.73. The summed E-state index contributed by atoms with van der Waals surface area (Å²) in [5.41, 5.74) is 6.49. The lowest BCUT2D eigenvalue weighted by molar-refractivity contribution is -0.146. The van der Waals surface area contributed by atoms with Gasteiger partial charge in [-0.15, -0.1) is 0 Å². The molecule has 1 heterocycles. The number of amides is 3. The smallest absolute Gasteiger partial charge is 0.315 e. The number of hydrogen-bond donors (Lipinski definition) is 3. The predicted octanol–water partition coefficient (Wildman–Crippen LogP) is 1.39. The third-order valence-electron chi connectivity index (χ3n) is 5.38. The molecule has 3 rings (SSSR count). The van der Waals surface area contributed by atoms with Gasteiger partial charge in [-0.3, -0.25) is 19.2 Å². The lowest BCUT2D eigenvalue weighted by atomic mass is 10.0. The molecule has 0 saturated carbocycles. The number of carboxylic acids is 1. The Morgan fingerprint density at radius 3 is 2.45 bits per heavy atom. The van der Waals surface area contributed by atoms with Crippen LogP contribution >= 0.6 is 0 Å². The molecule has 10 nitrogen and oxygen atoms in total. The number of aliphatic carboxylic acids is 1. The number of esters is 1. The van der Waals surface area contributed by atoms with Crippen molar-refractivity contribution in [1.29, 1.82) is 0 Å². The van der Waals surface area contributed by atoms with Crippen molar-refractivity contribution in [3.05, 3.63) is 47.5 Å². The van der Waals surface area contributed by atoms with Crippen LogP contribution in [0.1, 0.15) is 38.2 Å². The molecule has 1 aliphatic carbocycles. The number of ketones is 1. The van der Waals surface area contributed by atoms with Crippen LogP contribution in [0.4, 0.5) is 4.79 Å². The first-order valence-electron chi connectivity index (χ1n) is 10.7. The summed E-state index contributed by atoms with van der Waals surface area (Å²) in [5, 5.41) is 11.8. The normalized spacial score (nSPS) is 19.1. The fourth-order valence-corrected chi connectivity index (χ4v) is 3.73. The number of hydrogen-bond acceptors (Lipinski definition) is 6.